The Bertz CT molecular complexity index is 436. The van der Waals surface area contributed by atoms with E-state index in [0.717, 1.165) is 38.5 Å². The molecule has 0 bridgehead atoms. The molecule has 8 nitrogen and oxygen atoms in total. The third kappa shape index (κ3) is 40.0. The summed E-state index contributed by atoms with van der Waals surface area (Å²) in [6.45, 7) is 12.2. The molecule has 0 heterocycles. The summed E-state index contributed by atoms with van der Waals surface area (Å²) in [5, 5.41) is 19.8. The average Bonchev–Trinajstić information content (AvgIpc) is 2.61. The van der Waals surface area contributed by atoms with Crippen LogP contribution in [0.4, 0.5) is 0 Å². The predicted octanol–water partition coefficient (Wildman–Crippen LogP) is 1.92. The molecule has 9 heteroatoms. The fraction of sp³-hybridized carbons (Fsp3) is 0.818. The largest absolute Gasteiger partial charge is 0.550 e. The van der Waals surface area contributed by atoms with E-state index >= 15 is 0 Å². The summed E-state index contributed by atoms with van der Waals surface area (Å²) in [5.41, 5.74) is 0. The Balaban J connectivity index is -0.000000382. The number of carboxylic acids is 2. The summed E-state index contributed by atoms with van der Waals surface area (Å²) in [6.07, 6.45) is 6.22. The molecule has 0 radical (unpaired) electrons. The Hall–Kier alpha value is -1.00. The molecular formula is C22H40O8Sn. The molecule has 0 unspecified atom stereocenters. The molecule has 0 N–H and O–H groups in total. The van der Waals surface area contributed by atoms with Gasteiger partial charge in [0.15, 0.2) is 0 Å². The average molecular weight is 551 g/mol. The number of carbonyl (C=O) groups excluding carboxylic acids is 4. The molecule has 0 fully saturated rings. The number of Topliss-reactive ketones (excluding diaryl/α,β-unsaturated/α-hetero) is 2. The van der Waals surface area contributed by atoms with Crippen LogP contribution in [0, 0.1) is 0 Å². The van der Waals surface area contributed by atoms with E-state index in [1.54, 1.807) is 0 Å². The molecule has 0 aromatic carbocycles. The molecule has 0 spiro atoms. The second kappa shape index (κ2) is 25.3. The first kappa shape index (κ1) is 34.6. The van der Waals surface area contributed by atoms with Crippen LogP contribution in [0.25, 0.3) is 0 Å². The van der Waals surface area contributed by atoms with E-state index in [2.05, 4.69) is 0 Å². The number of ketones is 2. The zero-order valence-corrected chi connectivity index (χ0v) is 22.8. The van der Waals surface area contributed by atoms with Crippen molar-refractivity contribution in [2.45, 2.75) is 118 Å². The summed E-state index contributed by atoms with van der Waals surface area (Å²) < 4.78 is 10.6. The van der Waals surface area contributed by atoms with Crippen LogP contribution >= 0.6 is 0 Å². The predicted molar refractivity (Wildman–Crippen MR) is 116 cm³/mol. The number of carboxylic acid groups (broad SMARTS) is 2. The molecule has 0 aromatic rings. The van der Waals surface area contributed by atoms with Crippen LogP contribution in [0.1, 0.15) is 106 Å². The van der Waals surface area contributed by atoms with Gasteiger partial charge in [-0.2, -0.15) is 0 Å². The molecule has 0 saturated carbocycles. The van der Waals surface area contributed by atoms with Crippen LogP contribution in [-0.2, 0) is 25.3 Å². The van der Waals surface area contributed by atoms with Gasteiger partial charge in [-0.25, -0.2) is 0 Å². The van der Waals surface area contributed by atoms with Gasteiger partial charge >= 0.3 is 68.0 Å². The van der Waals surface area contributed by atoms with Gasteiger partial charge in [0.2, 0.25) is 0 Å². The van der Waals surface area contributed by atoms with Gasteiger partial charge in [-0.15, -0.1) is 0 Å². The first-order valence-electron chi connectivity index (χ1n) is 10.9. The molecule has 0 saturated heterocycles. The van der Waals surface area contributed by atoms with E-state index in [4.69, 9.17) is 6.15 Å². The first-order valence-corrected chi connectivity index (χ1v) is 13.3. The van der Waals surface area contributed by atoms with Crippen LogP contribution in [0.3, 0.4) is 0 Å². The van der Waals surface area contributed by atoms with E-state index < -0.39 is 46.8 Å². The quantitative estimate of drug-likeness (QED) is 0.162. The van der Waals surface area contributed by atoms with Crippen molar-refractivity contribution < 1.29 is 35.5 Å². The Morgan fingerprint density at radius 3 is 1.23 bits per heavy atom. The topological polar surface area (TPSA) is 133 Å². The number of rotatable bonds is 16. The maximum atomic E-state index is 10.7. The second-order valence-corrected chi connectivity index (χ2v) is 9.33. The van der Waals surface area contributed by atoms with E-state index in [1.807, 2.05) is 41.5 Å². The third-order valence-corrected chi connectivity index (χ3v) is 6.61. The Morgan fingerprint density at radius 1 is 0.677 bits per heavy atom. The molecule has 180 valence electrons. The number of carbonyl (C=O) groups is 4. The second-order valence-electron chi connectivity index (χ2n) is 7.51. The van der Waals surface area contributed by atoms with Crippen molar-refractivity contribution in [2.75, 3.05) is 0 Å². The minimum atomic E-state index is -1.27. The van der Waals surface area contributed by atoms with Crippen LogP contribution in [0.15, 0.2) is 0 Å². The van der Waals surface area contributed by atoms with Gasteiger partial charge in [0.25, 0.3) is 0 Å². The van der Waals surface area contributed by atoms with Crippen LogP contribution in [-0.4, -0.2) is 57.7 Å². The SMILES string of the molecule is CC(C)[O][Sn+2][O]C(C)C.CCCCCC(=O)CC(=O)[O-].CCCCCC(=O)CC(=O)[O-]. The van der Waals surface area contributed by atoms with Crippen molar-refractivity contribution in [2.24, 2.45) is 0 Å². The Labute approximate surface area is 198 Å². The third-order valence-electron chi connectivity index (χ3n) is 3.37. The minimum Gasteiger partial charge on any atom is -0.550 e. The van der Waals surface area contributed by atoms with E-state index in [-0.39, 0.29) is 11.6 Å². The van der Waals surface area contributed by atoms with Gasteiger partial charge in [-0.3, -0.25) is 9.59 Å². The molecule has 0 aromatic heterocycles. The zero-order valence-electron chi connectivity index (χ0n) is 20.0. The van der Waals surface area contributed by atoms with Crippen molar-refractivity contribution in [1.29, 1.82) is 0 Å². The van der Waals surface area contributed by atoms with Gasteiger partial charge in [0, 0.05) is 37.6 Å². The normalized spacial score (nSPS) is 9.81. The van der Waals surface area contributed by atoms with Crippen LogP contribution in [0.2, 0.25) is 0 Å². The van der Waals surface area contributed by atoms with Crippen LogP contribution in [0.5, 0.6) is 0 Å². The monoisotopic (exact) mass is 552 g/mol. The van der Waals surface area contributed by atoms with Crippen molar-refractivity contribution in [3.8, 4) is 0 Å². The number of aliphatic carboxylic acids is 2. The minimum absolute atomic E-state index is 0.224. The molecule has 0 atom stereocenters. The molecule has 0 aliphatic carbocycles. The van der Waals surface area contributed by atoms with Crippen LogP contribution < -0.4 is 10.2 Å². The number of hydrogen-bond acceptors (Lipinski definition) is 8. The molecule has 0 rings (SSSR count). The van der Waals surface area contributed by atoms with Gasteiger partial charge in [0.1, 0.15) is 11.6 Å². The van der Waals surface area contributed by atoms with E-state index in [9.17, 15) is 29.4 Å². The standard InChI is InChI=1S/2C8H14O3.2C3H7O.Sn/c2*1-2-3-4-5-7(9)6-8(10)11;2*1-3(2)4;/h2*2-6H2,1H3,(H,10,11);2*3H,1-2H3;/q;;2*-1;+4/p-2. The summed E-state index contributed by atoms with van der Waals surface area (Å²) in [6, 6.07) is 0. The summed E-state index contributed by atoms with van der Waals surface area (Å²) >= 11 is -0.929. The fourth-order valence-corrected chi connectivity index (χ4v) is 3.12. The van der Waals surface area contributed by atoms with Crippen molar-refractivity contribution >= 4 is 45.5 Å². The van der Waals surface area contributed by atoms with Gasteiger partial charge in [-0.05, 0) is 12.8 Å². The summed E-state index contributed by atoms with van der Waals surface area (Å²) in [4.78, 5) is 41.2. The van der Waals surface area contributed by atoms with Gasteiger partial charge in [-0.1, -0.05) is 39.5 Å². The number of hydrogen-bond donors (Lipinski definition) is 0. The maximum absolute atomic E-state index is 10.7. The number of unbranched alkanes of at least 4 members (excludes halogenated alkanes) is 4. The van der Waals surface area contributed by atoms with Crippen molar-refractivity contribution in [3.05, 3.63) is 0 Å². The van der Waals surface area contributed by atoms with Crippen molar-refractivity contribution in [1.82, 2.24) is 0 Å². The smallest absolute Gasteiger partial charge is 0.138 e. The maximum Gasteiger partial charge on any atom is 0.138 e. The fourth-order valence-electron chi connectivity index (χ4n) is 1.86. The van der Waals surface area contributed by atoms with E-state index in [1.165, 1.54) is 0 Å². The Kier molecular flexibility index (Phi) is 28.2. The van der Waals surface area contributed by atoms with Gasteiger partial charge in [0.05, 0.1) is 0 Å². The van der Waals surface area contributed by atoms with E-state index in [0.29, 0.717) is 25.0 Å². The molecule has 31 heavy (non-hydrogen) atoms. The molecule has 0 amide bonds. The molecular weight excluding hydrogens is 511 g/mol. The van der Waals surface area contributed by atoms with Crippen molar-refractivity contribution in [3.63, 3.8) is 0 Å². The molecule has 0 aliphatic rings. The first-order chi connectivity index (χ1) is 14.5. The zero-order chi connectivity index (χ0) is 24.7. The Morgan fingerprint density at radius 2 is 1.00 bits per heavy atom. The summed E-state index contributed by atoms with van der Waals surface area (Å²) in [5.74, 6) is -2.99. The molecule has 0 aliphatic heterocycles. The van der Waals surface area contributed by atoms with Gasteiger partial charge < -0.3 is 19.8 Å². The summed E-state index contributed by atoms with van der Waals surface area (Å²) in [7, 11) is 0.